The normalized spacial score (nSPS) is 72.5. The molecule has 3 fully saturated rings. The second kappa shape index (κ2) is 1.75. The minimum atomic E-state index is -1.91. The molecule has 2 bridgehead atoms. The maximum absolute atomic E-state index is 10.5. The van der Waals surface area contributed by atoms with Crippen molar-refractivity contribution in [2.45, 2.75) is 45.1 Å². The topological polar surface area (TPSA) is 20.2 Å². The fourth-order valence-electron chi connectivity index (χ4n) is 4.31. The van der Waals surface area contributed by atoms with E-state index in [9.17, 15) is 5.11 Å². The fraction of sp³-hybridized carbons (Fsp3) is 1.00. The number of fused-ring (bicyclic) bond motifs is 1. The van der Waals surface area contributed by atoms with E-state index in [4.69, 9.17) is 4.11 Å². The summed E-state index contributed by atoms with van der Waals surface area (Å²) in [6, 6.07) is 0. The molecule has 0 aromatic heterocycles. The zero-order chi connectivity index (χ0) is 11.1. The maximum Gasteiger partial charge on any atom is 0.0686 e. The lowest BCUT2D eigenvalue weighted by molar-refractivity contribution is -0.0106. The first kappa shape index (κ1) is 4.99. The van der Waals surface area contributed by atoms with Crippen LogP contribution >= 0.6 is 0 Å². The highest BCUT2D eigenvalue weighted by Crippen LogP contribution is 2.69. The quantitative estimate of drug-likeness (QED) is 0.589. The van der Waals surface area contributed by atoms with Crippen LogP contribution in [0.4, 0.5) is 0 Å². The van der Waals surface area contributed by atoms with E-state index in [1.807, 2.05) is 6.92 Å². The van der Waals surface area contributed by atoms with Crippen LogP contribution in [0, 0.1) is 23.2 Å². The van der Waals surface area contributed by atoms with E-state index in [1.54, 1.807) is 0 Å². The molecular formula is C11H18O. The van der Waals surface area contributed by atoms with Gasteiger partial charge >= 0.3 is 0 Å². The molecule has 12 heavy (non-hydrogen) atoms. The Hall–Kier alpha value is -0.0400. The van der Waals surface area contributed by atoms with Crippen molar-refractivity contribution in [3.8, 4) is 0 Å². The van der Waals surface area contributed by atoms with Gasteiger partial charge in [-0.05, 0) is 48.9 Å². The van der Waals surface area contributed by atoms with Gasteiger partial charge in [0.05, 0.1) is 5.60 Å². The van der Waals surface area contributed by atoms with Crippen LogP contribution in [0.3, 0.4) is 0 Å². The summed E-state index contributed by atoms with van der Waals surface area (Å²) in [6.07, 6.45) is 3.61. The van der Waals surface area contributed by atoms with Crippen LogP contribution in [0.1, 0.15) is 43.6 Å². The Morgan fingerprint density at radius 1 is 1.58 bits per heavy atom. The van der Waals surface area contributed by atoms with Gasteiger partial charge in [-0.1, -0.05) is 13.8 Å². The minimum Gasteiger partial charge on any atom is -0.390 e. The van der Waals surface area contributed by atoms with Gasteiger partial charge in [-0.25, -0.2) is 0 Å². The van der Waals surface area contributed by atoms with Gasteiger partial charge in [-0.2, -0.15) is 0 Å². The number of aliphatic hydroxyl groups is 1. The van der Waals surface area contributed by atoms with E-state index < -0.39 is 17.9 Å². The molecule has 0 amide bonds. The van der Waals surface area contributed by atoms with Crippen molar-refractivity contribution in [1.29, 1.82) is 0 Å². The van der Waals surface area contributed by atoms with Crippen LogP contribution in [0.5, 0.6) is 0 Å². The predicted octanol–water partition coefficient (Wildman–Crippen LogP) is 2.19. The van der Waals surface area contributed by atoms with Gasteiger partial charge in [-0.15, -0.1) is 0 Å². The highest BCUT2D eigenvalue weighted by atomic mass is 16.3. The number of hydrogen-bond acceptors (Lipinski definition) is 1. The van der Waals surface area contributed by atoms with E-state index in [1.165, 1.54) is 0 Å². The average Bonchev–Trinajstić information content (AvgIpc) is 2.55. The minimum absolute atomic E-state index is 0.0301. The third kappa shape index (κ3) is 0.585. The first-order valence-corrected chi connectivity index (χ1v) is 5.01. The summed E-state index contributed by atoms with van der Waals surface area (Å²) < 4.78 is 23.2. The SMILES string of the molecule is [2H]C([2H])([2H])C1(C)[C@@H]2C[C@H]3CC[C@@](O)(C2)[C@H]31. The summed E-state index contributed by atoms with van der Waals surface area (Å²) in [5, 5.41) is 10.5. The molecule has 5 atom stereocenters. The van der Waals surface area contributed by atoms with Gasteiger partial charge in [0, 0.05) is 4.11 Å². The third-order valence-corrected chi connectivity index (χ3v) is 4.68. The molecular weight excluding hydrogens is 148 g/mol. The first-order chi connectivity index (χ1) is 6.79. The Morgan fingerprint density at radius 2 is 2.42 bits per heavy atom. The highest BCUT2D eigenvalue weighted by molar-refractivity contribution is 5.17. The van der Waals surface area contributed by atoms with Crippen LogP contribution in [0.2, 0.25) is 0 Å². The molecule has 3 aliphatic carbocycles. The second-order valence-electron chi connectivity index (χ2n) is 5.30. The Labute approximate surface area is 78.4 Å². The molecule has 0 heterocycles. The van der Waals surface area contributed by atoms with Gasteiger partial charge in [0.1, 0.15) is 0 Å². The summed E-state index contributed by atoms with van der Waals surface area (Å²) >= 11 is 0. The Morgan fingerprint density at radius 3 is 3.00 bits per heavy atom. The van der Waals surface area contributed by atoms with Crippen LogP contribution < -0.4 is 0 Å². The Bertz CT molecular complexity index is 313. The molecule has 0 aromatic rings. The van der Waals surface area contributed by atoms with Gasteiger partial charge in [0.2, 0.25) is 0 Å². The smallest absolute Gasteiger partial charge is 0.0686 e. The van der Waals surface area contributed by atoms with E-state index >= 15 is 0 Å². The molecule has 3 aliphatic rings. The Kier molecular flexibility index (Phi) is 0.726. The summed E-state index contributed by atoms with van der Waals surface area (Å²) in [5.41, 5.74) is -1.26. The Balaban J connectivity index is 2.09. The van der Waals surface area contributed by atoms with Crippen molar-refractivity contribution < 1.29 is 9.22 Å². The molecule has 1 heteroatoms. The van der Waals surface area contributed by atoms with Crippen LogP contribution in [0.15, 0.2) is 0 Å². The summed E-state index contributed by atoms with van der Waals surface area (Å²) in [6.45, 7) is -0.0233. The number of hydrogen-bond donors (Lipinski definition) is 1. The largest absolute Gasteiger partial charge is 0.390 e. The van der Waals surface area contributed by atoms with E-state index in [2.05, 4.69) is 0 Å². The van der Waals surface area contributed by atoms with Crippen LogP contribution in [-0.4, -0.2) is 10.7 Å². The van der Waals surface area contributed by atoms with E-state index in [-0.39, 0.29) is 11.8 Å². The maximum atomic E-state index is 10.5. The van der Waals surface area contributed by atoms with Crippen molar-refractivity contribution in [2.75, 3.05) is 0 Å². The molecule has 0 saturated heterocycles. The molecule has 0 aromatic carbocycles. The molecule has 1 nitrogen and oxygen atoms in total. The molecule has 0 radical (unpaired) electrons. The van der Waals surface area contributed by atoms with Crippen molar-refractivity contribution in [3.63, 3.8) is 0 Å². The number of rotatable bonds is 0. The van der Waals surface area contributed by atoms with Gasteiger partial charge in [0.15, 0.2) is 0 Å². The van der Waals surface area contributed by atoms with Crippen LogP contribution in [-0.2, 0) is 0 Å². The zero-order valence-electron chi connectivity index (χ0n) is 10.5. The van der Waals surface area contributed by atoms with Crippen molar-refractivity contribution in [2.24, 2.45) is 23.2 Å². The highest BCUT2D eigenvalue weighted by Gasteiger charge is 2.67. The zero-order valence-corrected chi connectivity index (χ0v) is 7.51. The van der Waals surface area contributed by atoms with E-state index in [0.717, 1.165) is 25.7 Å². The summed E-state index contributed by atoms with van der Waals surface area (Å²) in [7, 11) is 0. The molecule has 68 valence electrons. The monoisotopic (exact) mass is 169 g/mol. The first-order valence-electron chi connectivity index (χ1n) is 6.51. The molecule has 1 unspecified atom stereocenters. The summed E-state index contributed by atoms with van der Waals surface area (Å²) in [5.74, 6) is 0.717. The van der Waals surface area contributed by atoms with Crippen molar-refractivity contribution in [3.05, 3.63) is 0 Å². The van der Waals surface area contributed by atoms with Gasteiger partial charge < -0.3 is 5.11 Å². The second-order valence-corrected chi connectivity index (χ2v) is 5.30. The summed E-state index contributed by atoms with van der Waals surface area (Å²) in [4.78, 5) is 0. The lowest BCUT2D eigenvalue weighted by atomic mass is 9.78. The van der Waals surface area contributed by atoms with Gasteiger partial charge in [-0.3, -0.25) is 0 Å². The van der Waals surface area contributed by atoms with Crippen molar-refractivity contribution in [1.82, 2.24) is 0 Å². The fourth-order valence-corrected chi connectivity index (χ4v) is 4.31. The van der Waals surface area contributed by atoms with Crippen LogP contribution in [0.25, 0.3) is 0 Å². The lowest BCUT2D eigenvalue weighted by Gasteiger charge is -2.30. The predicted molar refractivity (Wildman–Crippen MR) is 47.7 cm³/mol. The molecule has 3 saturated carbocycles. The lowest BCUT2D eigenvalue weighted by Crippen LogP contribution is -2.34. The average molecular weight is 169 g/mol. The molecule has 0 spiro atoms. The standard InChI is InChI=1S/C11H18O/c1-10(2)8-5-7-3-4-11(12,6-8)9(7)10/h7-9,12H,3-6H2,1-2H3/t7-,8-,9-,11-/m1/s1/i1D3/t7-,8-,9-,10?,11-. The van der Waals surface area contributed by atoms with Crippen molar-refractivity contribution >= 4 is 0 Å². The van der Waals surface area contributed by atoms with E-state index in [0.29, 0.717) is 5.92 Å². The molecule has 3 rings (SSSR count). The third-order valence-electron chi connectivity index (χ3n) is 4.68. The molecule has 1 N–H and O–H groups in total. The molecule has 0 aliphatic heterocycles. The van der Waals surface area contributed by atoms with Gasteiger partial charge in [0.25, 0.3) is 0 Å².